The third-order valence-corrected chi connectivity index (χ3v) is 6.16. The number of benzene rings is 2. The molecule has 1 fully saturated rings. The summed E-state index contributed by atoms with van der Waals surface area (Å²) in [4.78, 5) is 33.3. The van der Waals surface area contributed by atoms with E-state index in [1.54, 1.807) is 16.9 Å². The van der Waals surface area contributed by atoms with Gasteiger partial charge in [-0.2, -0.15) is 0 Å². The van der Waals surface area contributed by atoms with Crippen LogP contribution in [0.25, 0.3) is 10.9 Å². The van der Waals surface area contributed by atoms with Crippen molar-refractivity contribution in [2.45, 2.75) is 32.0 Å². The van der Waals surface area contributed by atoms with E-state index in [1.807, 2.05) is 49.4 Å². The number of nitrogens with one attached hydrogen (secondary N) is 1. The van der Waals surface area contributed by atoms with Crippen molar-refractivity contribution in [1.29, 1.82) is 0 Å². The topological polar surface area (TPSA) is 65.6 Å². The quantitative estimate of drug-likeness (QED) is 0.749. The summed E-state index contributed by atoms with van der Waals surface area (Å²) in [5.41, 5.74) is 4.24. The summed E-state index contributed by atoms with van der Waals surface area (Å²) in [6.07, 6.45) is 0.549. The smallest absolute Gasteiger partial charge is 0.246 e. The van der Waals surface area contributed by atoms with Crippen LogP contribution in [0, 0.1) is 0 Å². The largest absolute Gasteiger partial charge is 0.497 e. The molecule has 1 N–H and O–H groups in total. The van der Waals surface area contributed by atoms with Gasteiger partial charge in [0.1, 0.15) is 18.3 Å². The molecular weight excluding hydrogens is 366 g/mol. The zero-order valence-corrected chi connectivity index (χ0v) is 16.5. The van der Waals surface area contributed by atoms with Gasteiger partial charge in [-0.3, -0.25) is 9.59 Å². The second kappa shape index (κ2) is 6.65. The summed E-state index contributed by atoms with van der Waals surface area (Å²) >= 11 is 0. The lowest BCUT2D eigenvalue weighted by Gasteiger charge is -2.46. The van der Waals surface area contributed by atoms with Crippen molar-refractivity contribution in [3.63, 3.8) is 0 Å². The fourth-order valence-electron chi connectivity index (χ4n) is 4.71. The Hall–Kier alpha value is -3.28. The molecule has 0 bridgehead atoms. The van der Waals surface area contributed by atoms with Crippen LogP contribution in [0.2, 0.25) is 0 Å². The van der Waals surface area contributed by atoms with Gasteiger partial charge in [-0.05, 0) is 36.2 Å². The number of methoxy groups -OCH3 is 1. The van der Waals surface area contributed by atoms with Gasteiger partial charge in [0, 0.05) is 29.6 Å². The minimum Gasteiger partial charge on any atom is -0.497 e. The van der Waals surface area contributed by atoms with Gasteiger partial charge in [0.25, 0.3) is 0 Å². The van der Waals surface area contributed by atoms with E-state index in [2.05, 4.69) is 11.1 Å². The summed E-state index contributed by atoms with van der Waals surface area (Å²) in [6, 6.07) is 15.2. The summed E-state index contributed by atoms with van der Waals surface area (Å²) in [6.45, 7) is 2.54. The van der Waals surface area contributed by atoms with E-state index in [4.69, 9.17) is 4.74 Å². The van der Waals surface area contributed by atoms with Crippen molar-refractivity contribution in [2.75, 3.05) is 13.7 Å². The second-order valence-corrected chi connectivity index (χ2v) is 7.80. The number of carbonyl (C=O) groups is 2. The monoisotopic (exact) mass is 389 g/mol. The van der Waals surface area contributed by atoms with Gasteiger partial charge in [0.05, 0.1) is 13.2 Å². The third-order valence-electron chi connectivity index (χ3n) is 6.16. The maximum absolute atomic E-state index is 13.3. The van der Waals surface area contributed by atoms with Gasteiger partial charge in [0.2, 0.25) is 11.8 Å². The first-order chi connectivity index (χ1) is 14.1. The molecule has 0 radical (unpaired) electrons. The zero-order chi connectivity index (χ0) is 20.1. The Morgan fingerprint density at radius 2 is 1.86 bits per heavy atom. The number of para-hydroxylation sites is 1. The lowest BCUT2D eigenvalue weighted by molar-refractivity contribution is -0.159. The number of rotatable bonds is 3. The van der Waals surface area contributed by atoms with Crippen LogP contribution in [0.15, 0.2) is 48.5 Å². The number of nitrogens with zero attached hydrogens (tertiary/aromatic N) is 2. The lowest BCUT2D eigenvalue weighted by atomic mass is 9.90. The predicted molar refractivity (Wildman–Crippen MR) is 109 cm³/mol. The van der Waals surface area contributed by atoms with Crippen LogP contribution in [0.5, 0.6) is 5.75 Å². The summed E-state index contributed by atoms with van der Waals surface area (Å²) in [7, 11) is 1.62. The van der Waals surface area contributed by atoms with Crippen molar-refractivity contribution in [3.05, 3.63) is 65.4 Å². The van der Waals surface area contributed by atoms with Crippen LogP contribution >= 0.6 is 0 Å². The molecule has 2 unspecified atom stereocenters. The van der Waals surface area contributed by atoms with Crippen LogP contribution in [-0.2, 0) is 22.6 Å². The van der Waals surface area contributed by atoms with Crippen molar-refractivity contribution >= 4 is 22.7 Å². The number of hydrogen-bond acceptors (Lipinski definition) is 3. The summed E-state index contributed by atoms with van der Waals surface area (Å²) in [5.74, 6) is 0.789. The molecule has 0 aliphatic carbocycles. The molecular formula is C23H23N3O3. The average Bonchev–Trinajstić information content (AvgIpc) is 3.11. The van der Waals surface area contributed by atoms with Crippen molar-refractivity contribution < 1.29 is 14.3 Å². The van der Waals surface area contributed by atoms with E-state index in [0.717, 1.165) is 33.5 Å². The van der Waals surface area contributed by atoms with Gasteiger partial charge < -0.3 is 19.5 Å². The Labute approximate surface area is 169 Å². The van der Waals surface area contributed by atoms with Gasteiger partial charge in [-0.25, -0.2) is 0 Å². The molecule has 5 rings (SSSR count). The highest BCUT2D eigenvalue weighted by atomic mass is 16.5. The first-order valence-electron chi connectivity index (χ1n) is 9.89. The predicted octanol–water partition coefficient (Wildman–Crippen LogP) is 3.03. The summed E-state index contributed by atoms with van der Waals surface area (Å²) < 4.78 is 5.20. The highest BCUT2D eigenvalue weighted by Crippen LogP contribution is 2.39. The maximum Gasteiger partial charge on any atom is 0.246 e. The second-order valence-electron chi connectivity index (χ2n) is 7.80. The Balaban J connectivity index is 1.46. The number of fused-ring (bicyclic) bond motifs is 4. The number of amides is 2. The highest BCUT2D eigenvalue weighted by Gasteiger charge is 2.46. The van der Waals surface area contributed by atoms with Crippen molar-refractivity contribution in [2.24, 2.45) is 0 Å². The number of carbonyl (C=O) groups excluding carboxylic acids is 2. The van der Waals surface area contributed by atoms with Crippen LogP contribution in [0.1, 0.15) is 29.8 Å². The molecule has 148 valence electrons. The van der Waals surface area contributed by atoms with Gasteiger partial charge >= 0.3 is 0 Å². The van der Waals surface area contributed by atoms with E-state index in [-0.39, 0.29) is 24.4 Å². The van der Waals surface area contributed by atoms with Crippen LogP contribution in [0.3, 0.4) is 0 Å². The minimum atomic E-state index is -0.448. The fraction of sp³-hybridized carbons (Fsp3) is 0.304. The number of aromatic amines is 1. The van der Waals surface area contributed by atoms with E-state index in [9.17, 15) is 9.59 Å². The van der Waals surface area contributed by atoms with E-state index in [1.165, 1.54) is 0 Å². The molecule has 6 nitrogen and oxygen atoms in total. The number of hydrogen-bond donors (Lipinski definition) is 1. The average molecular weight is 389 g/mol. The van der Waals surface area contributed by atoms with Gasteiger partial charge in [0.15, 0.2) is 0 Å². The highest BCUT2D eigenvalue weighted by molar-refractivity contribution is 5.97. The summed E-state index contributed by atoms with van der Waals surface area (Å²) in [5, 5.41) is 1.14. The number of aromatic nitrogens is 1. The van der Waals surface area contributed by atoms with Crippen LogP contribution in [-0.4, -0.2) is 46.3 Å². The standard InChI is InChI=1S/C23H23N3O3/c1-14-22-18(17-5-3-4-6-19(17)24-22)11-20-23(28)25(13-21(27)26(14)20)12-15-7-9-16(29-2)10-8-15/h3-10,14,20,24H,11-13H2,1-2H3. The molecule has 2 atom stereocenters. The SMILES string of the molecule is COc1ccc(CN2CC(=O)N3C(Cc4c([nH]c5ccccc45)C3C)C2=O)cc1. The van der Waals surface area contributed by atoms with E-state index < -0.39 is 6.04 Å². The normalized spacial score (nSPS) is 21.3. The van der Waals surface area contributed by atoms with Crippen molar-refractivity contribution in [3.8, 4) is 5.75 Å². The van der Waals surface area contributed by atoms with Gasteiger partial charge in [-0.15, -0.1) is 0 Å². The number of H-pyrrole nitrogens is 1. The fourth-order valence-corrected chi connectivity index (χ4v) is 4.71. The van der Waals surface area contributed by atoms with E-state index in [0.29, 0.717) is 13.0 Å². The first-order valence-corrected chi connectivity index (χ1v) is 9.89. The molecule has 3 heterocycles. The number of ether oxygens (including phenoxy) is 1. The molecule has 1 saturated heterocycles. The molecule has 0 saturated carbocycles. The molecule has 0 spiro atoms. The maximum atomic E-state index is 13.3. The zero-order valence-electron chi connectivity index (χ0n) is 16.5. The molecule has 1 aromatic heterocycles. The molecule has 6 heteroatoms. The van der Waals surface area contributed by atoms with Gasteiger partial charge in [-0.1, -0.05) is 30.3 Å². The first kappa shape index (κ1) is 17.8. The Bertz CT molecular complexity index is 1100. The Morgan fingerprint density at radius 3 is 2.62 bits per heavy atom. The van der Waals surface area contributed by atoms with Crippen LogP contribution < -0.4 is 4.74 Å². The molecule has 2 amide bonds. The van der Waals surface area contributed by atoms with Crippen LogP contribution in [0.4, 0.5) is 0 Å². The lowest BCUT2D eigenvalue weighted by Crippen LogP contribution is -2.62. The molecule has 29 heavy (non-hydrogen) atoms. The third kappa shape index (κ3) is 2.78. The molecule has 2 aliphatic rings. The minimum absolute atomic E-state index is 0.0000761. The van der Waals surface area contributed by atoms with Crippen molar-refractivity contribution in [1.82, 2.24) is 14.8 Å². The molecule has 2 aliphatic heterocycles. The Morgan fingerprint density at radius 1 is 1.10 bits per heavy atom. The molecule has 2 aromatic carbocycles. The van der Waals surface area contributed by atoms with E-state index >= 15 is 0 Å². The Kier molecular flexibility index (Phi) is 4.08. The molecule has 3 aromatic rings. The number of piperazine rings is 1.